The molecule has 0 radical (unpaired) electrons. The minimum Gasteiger partial charge on any atom is -0.444 e. The molecule has 326 valence electrons. The Morgan fingerprint density at radius 1 is 0.932 bits per heavy atom. The van der Waals surface area contributed by atoms with E-state index in [1.165, 1.54) is 17.3 Å². The molecule has 0 unspecified atom stereocenters. The van der Waals surface area contributed by atoms with E-state index in [2.05, 4.69) is 30.6 Å². The molecule has 0 aromatic carbocycles. The molecule has 3 aromatic heterocycles. The standard InChI is InChI=1S/C41H60F2N8O8/c1-40(2,3)58-38(53)45-16-18-55-20-21-56-19-17-49(7)23-27-10-12-30(13-11-27)51-25-31(34(48-51)35(42)43)46-36(52)32-26-57-37(47-32)29-14-15-44-33(22-29)50(24-28-8-9-28)39(54)59-41(4,5)6/h14-15,22,25-28,30,35H,8-13,16-21,23-24H2,1-7H3,(H,45,53)(H,46,52)/t27-,30-. The monoisotopic (exact) mass is 830 g/mol. The van der Waals surface area contributed by atoms with E-state index >= 15 is 0 Å². The number of amides is 3. The van der Waals surface area contributed by atoms with E-state index in [-0.39, 0.29) is 23.3 Å². The molecule has 2 fully saturated rings. The lowest BCUT2D eigenvalue weighted by Crippen LogP contribution is -2.38. The lowest BCUT2D eigenvalue weighted by Gasteiger charge is -2.31. The number of carbonyl (C=O) groups excluding carboxylic acids is 3. The molecular weight excluding hydrogens is 770 g/mol. The van der Waals surface area contributed by atoms with Crippen molar-refractivity contribution in [2.45, 2.75) is 104 Å². The number of hydrogen-bond donors (Lipinski definition) is 2. The van der Waals surface area contributed by atoms with E-state index in [9.17, 15) is 23.2 Å². The van der Waals surface area contributed by atoms with E-state index in [0.717, 1.165) is 57.9 Å². The Balaban J connectivity index is 1.06. The number of nitrogens with zero attached hydrogens (tertiary/aromatic N) is 6. The molecule has 0 spiro atoms. The SMILES string of the molecule is CN(CCOCCOCCNC(=O)OC(C)(C)C)C[C@H]1CC[C@H](n2cc(NC(=O)c3coc(-c4ccnc(N(CC5CC5)C(=O)OC(C)(C)C)c4)n3)c(C(F)F)n2)CC1. The van der Waals surface area contributed by atoms with Crippen LogP contribution < -0.4 is 15.5 Å². The molecule has 0 bridgehead atoms. The molecular formula is C41H60F2N8O8. The van der Waals surface area contributed by atoms with Gasteiger partial charge in [0.25, 0.3) is 12.3 Å². The van der Waals surface area contributed by atoms with Crippen LogP contribution in [0.25, 0.3) is 11.5 Å². The number of halogens is 2. The average Bonchev–Trinajstić information content (AvgIpc) is 3.65. The maximum atomic E-state index is 14.2. The molecule has 2 aliphatic carbocycles. The minimum absolute atomic E-state index is 0.0814. The summed E-state index contributed by atoms with van der Waals surface area (Å²) in [4.78, 5) is 50.4. The van der Waals surface area contributed by atoms with Gasteiger partial charge in [-0.3, -0.25) is 14.4 Å². The van der Waals surface area contributed by atoms with Crippen molar-refractivity contribution in [1.29, 1.82) is 0 Å². The molecule has 0 saturated heterocycles. The third-order valence-corrected chi connectivity index (χ3v) is 9.64. The highest BCUT2D eigenvalue weighted by atomic mass is 19.3. The summed E-state index contributed by atoms with van der Waals surface area (Å²) in [6.45, 7) is 15.0. The summed E-state index contributed by atoms with van der Waals surface area (Å²) in [5.41, 5.74) is -1.47. The predicted octanol–water partition coefficient (Wildman–Crippen LogP) is 7.50. The van der Waals surface area contributed by atoms with E-state index in [1.807, 2.05) is 7.05 Å². The van der Waals surface area contributed by atoms with Crippen LogP contribution in [0.5, 0.6) is 0 Å². The number of oxazole rings is 1. The van der Waals surface area contributed by atoms with E-state index in [4.69, 9.17) is 23.4 Å². The smallest absolute Gasteiger partial charge is 0.416 e. The summed E-state index contributed by atoms with van der Waals surface area (Å²) in [5, 5.41) is 9.41. The first-order valence-corrected chi connectivity index (χ1v) is 20.4. The number of pyridine rings is 1. The van der Waals surface area contributed by atoms with E-state index in [0.29, 0.717) is 62.7 Å². The highest BCUT2D eigenvalue weighted by Crippen LogP contribution is 2.36. The van der Waals surface area contributed by atoms with Crippen molar-refractivity contribution in [2.75, 3.05) is 69.9 Å². The van der Waals surface area contributed by atoms with Gasteiger partial charge in [0.05, 0.1) is 38.2 Å². The second-order valence-corrected chi connectivity index (χ2v) is 17.2. The van der Waals surface area contributed by atoms with Crippen LogP contribution in [0.2, 0.25) is 0 Å². The summed E-state index contributed by atoms with van der Waals surface area (Å²) in [6.07, 6.45) is 5.61. The largest absolute Gasteiger partial charge is 0.444 e. The van der Waals surface area contributed by atoms with Crippen LogP contribution in [-0.4, -0.2) is 114 Å². The molecule has 16 nitrogen and oxygen atoms in total. The zero-order chi connectivity index (χ0) is 42.7. The normalized spacial score (nSPS) is 17.3. The van der Waals surface area contributed by atoms with Crippen LogP contribution in [0.1, 0.15) is 109 Å². The number of alkyl carbamates (subject to hydrolysis) is 1. The van der Waals surface area contributed by atoms with E-state index < -0.39 is 41.4 Å². The Labute approximate surface area is 344 Å². The van der Waals surface area contributed by atoms with Crippen molar-refractivity contribution >= 4 is 29.6 Å². The van der Waals surface area contributed by atoms with Crippen LogP contribution in [0.4, 0.5) is 29.9 Å². The van der Waals surface area contributed by atoms with Crippen molar-refractivity contribution in [3.05, 3.63) is 42.2 Å². The Hall–Kier alpha value is -4.68. The van der Waals surface area contributed by atoms with Gasteiger partial charge in [-0.15, -0.1) is 0 Å². The second-order valence-electron chi connectivity index (χ2n) is 17.2. The number of likely N-dealkylation sites (N-methyl/N-ethyl adjacent to an activating group) is 1. The molecule has 5 rings (SSSR count). The highest BCUT2D eigenvalue weighted by molar-refractivity contribution is 6.03. The van der Waals surface area contributed by atoms with Crippen molar-refractivity contribution in [1.82, 2.24) is 30.0 Å². The van der Waals surface area contributed by atoms with Crippen LogP contribution in [0.15, 0.2) is 35.2 Å². The van der Waals surface area contributed by atoms with Gasteiger partial charge in [-0.05, 0) is 111 Å². The summed E-state index contributed by atoms with van der Waals surface area (Å²) in [6, 6.07) is 3.19. The maximum Gasteiger partial charge on any atom is 0.416 e. The van der Waals surface area contributed by atoms with Gasteiger partial charge in [0.1, 0.15) is 23.3 Å². The number of nitrogens with one attached hydrogen (secondary N) is 2. The van der Waals surface area contributed by atoms with Gasteiger partial charge in [-0.25, -0.2) is 28.3 Å². The van der Waals surface area contributed by atoms with Gasteiger partial charge in [-0.1, -0.05) is 0 Å². The highest BCUT2D eigenvalue weighted by Gasteiger charge is 2.32. The van der Waals surface area contributed by atoms with Gasteiger partial charge >= 0.3 is 12.2 Å². The Bertz CT molecular complexity index is 1830. The van der Waals surface area contributed by atoms with Crippen LogP contribution in [-0.2, 0) is 18.9 Å². The molecule has 18 heteroatoms. The number of aromatic nitrogens is 4. The lowest BCUT2D eigenvalue weighted by atomic mass is 9.86. The number of hydrogen-bond acceptors (Lipinski definition) is 12. The molecule has 2 aliphatic rings. The summed E-state index contributed by atoms with van der Waals surface area (Å²) >= 11 is 0. The third-order valence-electron chi connectivity index (χ3n) is 9.64. The van der Waals surface area contributed by atoms with Crippen molar-refractivity contribution in [2.24, 2.45) is 11.8 Å². The van der Waals surface area contributed by atoms with Gasteiger partial charge in [0.2, 0.25) is 5.89 Å². The van der Waals surface area contributed by atoms with Crippen LogP contribution in [0.3, 0.4) is 0 Å². The van der Waals surface area contributed by atoms with Gasteiger partial charge < -0.3 is 38.9 Å². The van der Waals surface area contributed by atoms with Gasteiger partial charge in [0, 0.05) is 44.1 Å². The fourth-order valence-corrected chi connectivity index (χ4v) is 6.59. The number of rotatable bonds is 19. The Kier molecular flexibility index (Phi) is 15.8. The second kappa shape index (κ2) is 20.5. The van der Waals surface area contributed by atoms with Crippen LogP contribution in [0, 0.1) is 11.8 Å². The minimum atomic E-state index is -2.90. The number of anilines is 2. The molecule has 0 atom stereocenters. The molecule has 2 N–H and O–H groups in total. The van der Waals surface area contributed by atoms with Crippen molar-refractivity contribution in [3.8, 4) is 11.5 Å². The van der Waals surface area contributed by atoms with Crippen LogP contribution >= 0.6 is 0 Å². The first-order valence-electron chi connectivity index (χ1n) is 20.4. The van der Waals surface area contributed by atoms with E-state index in [1.54, 1.807) is 58.4 Å². The molecule has 3 aromatic rings. The zero-order valence-electron chi connectivity index (χ0n) is 35.3. The fourth-order valence-electron chi connectivity index (χ4n) is 6.59. The third kappa shape index (κ3) is 14.8. The summed E-state index contributed by atoms with van der Waals surface area (Å²) in [5.74, 6) is 0.533. The number of alkyl halides is 2. The lowest BCUT2D eigenvalue weighted by molar-refractivity contribution is 0.0346. The van der Waals surface area contributed by atoms with Gasteiger partial charge in [-0.2, -0.15) is 5.10 Å². The molecule has 3 heterocycles. The molecule has 2 saturated carbocycles. The molecule has 3 amide bonds. The van der Waals surface area contributed by atoms with Crippen molar-refractivity contribution < 1.29 is 46.5 Å². The maximum absolute atomic E-state index is 14.2. The Morgan fingerprint density at radius 2 is 1.59 bits per heavy atom. The topological polar surface area (TPSA) is 175 Å². The van der Waals surface area contributed by atoms with Crippen molar-refractivity contribution in [3.63, 3.8) is 0 Å². The summed E-state index contributed by atoms with van der Waals surface area (Å²) < 4.78 is 57.5. The average molecular weight is 831 g/mol. The first-order chi connectivity index (χ1) is 27.9. The first kappa shape index (κ1) is 45.4. The predicted molar refractivity (Wildman–Crippen MR) is 216 cm³/mol. The number of ether oxygens (including phenoxy) is 4. The molecule has 59 heavy (non-hydrogen) atoms. The Morgan fingerprint density at radius 3 is 2.25 bits per heavy atom. The molecule has 0 aliphatic heterocycles. The summed E-state index contributed by atoms with van der Waals surface area (Å²) in [7, 11) is 2.05. The number of carbonyl (C=O) groups is 3. The quantitative estimate of drug-likeness (QED) is 0.114. The zero-order valence-corrected chi connectivity index (χ0v) is 35.3. The van der Waals surface area contributed by atoms with Gasteiger partial charge in [0.15, 0.2) is 11.4 Å². The fraction of sp³-hybridized carbons (Fsp3) is 0.659.